The van der Waals surface area contributed by atoms with Crippen molar-refractivity contribution in [1.82, 2.24) is 40.4 Å². The van der Waals surface area contributed by atoms with Gasteiger partial charge in [0.2, 0.25) is 0 Å². The van der Waals surface area contributed by atoms with Crippen molar-refractivity contribution in [3.63, 3.8) is 0 Å². The first-order chi connectivity index (χ1) is 7.68. The van der Waals surface area contributed by atoms with Crippen molar-refractivity contribution in [2.24, 2.45) is 24.4 Å². The van der Waals surface area contributed by atoms with Crippen molar-refractivity contribution in [1.29, 1.82) is 0 Å². The number of aryl methyl sites for hydroxylation is 2. The zero-order valence-corrected chi connectivity index (χ0v) is 8.92. The monoisotopic (exact) mass is 223 g/mol. The molecular formula is C5H9N11. The van der Waals surface area contributed by atoms with Crippen LogP contribution in [0.5, 0.6) is 0 Å². The van der Waals surface area contributed by atoms with Crippen LogP contribution in [0.2, 0.25) is 0 Å². The molecule has 11 nitrogen and oxygen atoms in total. The number of hydrogen-bond donors (Lipinski definition) is 0. The van der Waals surface area contributed by atoms with E-state index in [0.717, 1.165) is 0 Å². The minimum absolute atomic E-state index is 0.293. The van der Waals surface area contributed by atoms with Gasteiger partial charge < -0.3 is 0 Å². The summed E-state index contributed by atoms with van der Waals surface area (Å²) in [5.41, 5.74) is 0. The number of hydrogen-bond acceptors (Lipinski definition) is 8. The Bertz CT molecular complexity index is 494. The second-order valence-corrected chi connectivity index (χ2v) is 2.92. The Morgan fingerprint density at radius 3 is 2.31 bits per heavy atom. The SMILES string of the molecule is CN(/N=N/c1nnnn1C)c1nnnn1C. The Morgan fingerprint density at radius 1 is 1.06 bits per heavy atom. The average Bonchev–Trinajstić information content (AvgIpc) is 2.84. The lowest BCUT2D eigenvalue weighted by Crippen LogP contribution is -2.13. The molecule has 2 rings (SSSR count). The minimum Gasteiger partial charge on any atom is -0.215 e. The van der Waals surface area contributed by atoms with Gasteiger partial charge in [0, 0.05) is 21.1 Å². The average molecular weight is 223 g/mol. The maximum absolute atomic E-state index is 3.86. The van der Waals surface area contributed by atoms with Gasteiger partial charge in [-0.05, 0) is 20.9 Å². The van der Waals surface area contributed by atoms with E-state index in [9.17, 15) is 0 Å². The maximum atomic E-state index is 3.86. The predicted molar refractivity (Wildman–Crippen MR) is 50.5 cm³/mol. The Kier molecular flexibility index (Phi) is 2.49. The van der Waals surface area contributed by atoms with E-state index < -0.39 is 0 Å². The van der Waals surface area contributed by atoms with Gasteiger partial charge in [-0.15, -0.1) is 0 Å². The molecule has 0 saturated carbocycles. The molecular weight excluding hydrogens is 214 g/mol. The largest absolute Gasteiger partial charge is 0.289 e. The molecule has 0 aliphatic heterocycles. The lowest BCUT2D eigenvalue weighted by atomic mass is 10.9. The van der Waals surface area contributed by atoms with Crippen molar-refractivity contribution in [3.8, 4) is 0 Å². The maximum Gasteiger partial charge on any atom is 0.289 e. The van der Waals surface area contributed by atoms with Gasteiger partial charge in [-0.1, -0.05) is 20.5 Å². The summed E-state index contributed by atoms with van der Waals surface area (Å²) in [4.78, 5) is 0. The van der Waals surface area contributed by atoms with E-state index in [4.69, 9.17) is 0 Å². The van der Waals surface area contributed by atoms with E-state index in [2.05, 4.69) is 41.4 Å². The number of nitrogens with zero attached hydrogens (tertiary/aromatic N) is 11. The van der Waals surface area contributed by atoms with Crippen molar-refractivity contribution in [3.05, 3.63) is 0 Å². The van der Waals surface area contributed by atoms with Crippen molar-refractivity contribution in [2.75, 3.05) is 12.1 Å². The van der Waals surface area contributed by atoms with Crippen LogP contribution >= 0.6 is 0 Å². The van der Waals surface area contributed by atoms with Gasteiger partial charge in [0.15, 0.2) is 0 Å². The van der Waals surface area contributed by atoms with E-state index in [0.29, 0.717) is 11.9 Å². The van der Waals surface area contributed by atoms with Crippen molar-refractivity contribution in [2.45, 2.75) is 0 Å². The van der Waals surface area contributed by atoms with Crippen LogP contribution in [0.25, 0.3) is 0 Å². The highest BCUT2D eigenvalue weighted by atomic mass is 15.7. The molecule has 0 N–H and O–H groups in total. The number of rotatable bonds is 3. The fraction of sp³-hybridized carbons (Fsp3) is 0.600. The second-order valence-electron chi connectivity index (χ2n) is 2.92. The predicted octanol–water partition coefficient (Wildman–Crippen LogP) is -1.13. The molecule has 0 radical (unpaired) electrons. The summed E-state index contributed by atoms with van der Waals surface area (Å²) in [7, 11) is 5.03. The summed E-state index contributed by atoms with van der Waals surface area (Å²) >= 11 is 0. The van der Waals surface area contributed by atoms with Crippen LogP contribution in [0.4, 0.5) is 11.9 Å². The standard InChI is InChI=1S/C5H9N11/c1-14-4(6-9-12-14)7-11-15(2)5-8-10-13-16(5)3/h1-3H3/b11-7+. The third kappa shape index (κ3) is 1.82. The molecule has 0 aromatic carbocycles. The third-order valence-electron chi connectivity index (χ3n) is 1.75. The molecule has 16 heavy (non-hydrogen) atoms. The first kappa shape index (κ1) is 10.1. The number of anilines is 1. The molecule has 0 atom stereocenters. The molecule has 0 fully saturated rings. The minimum atomic E-state index is 0.293. The zero-order chi connectivity index (χ0) is 11.5. The molecule has 2 aromatic heterocycles. The zero-order valence-electron chi connectivity index (χ0n) is 8.92. The van der Waals surface area contributed by atoms with E-state index in [-0.39, 0.29) is 0 Å². The van der Waals surface area contributed by atoms with Gasteiger partial charge in [0.1, 0.15) is 0 Å². The summed E-state index contributed by atoms with van der Waals surface area (Å²) in [6.07, 6.45) is 0. The van der Waals surface area contributed by atoms with E-state index in [1.54, 1.807) is 21.1 Å². The van der Waals surface area contributed by atoms with E-state index in [1.807, 2.05) is 0 Å². The Hall–Kier alpha value is -2.46. The molecule has 2 heterocycles. The molecule has 84 valence electrons. The summed E-state index contributed by atoms with van der Waals surface area (Å²) < 4.78 is 2.86. The molecule has 0 aliphatic rings. The quantitative estimate of drug-likeness (QED) is 0.477. The highest BCUT2D eigenvalue weighted by molar-refractivity contribution is 5.23. The van der Waals surface area contributed by atoms with Gasteiger partial charge >= 0.3 is 0 Å². The molecule has 11 heteroatoms. The number of aromatic nitrogens is 8. The molecule has 0 spiro atoms. The van der Waals surface area contributed by atoms with E-state index >= 15 is 0 Å². The van der Waals surface area contributed by atoms with Crippen molar-refractivity contribution >= 4 is 11.9 Å². The molecule has 2 aromatic rings. The Labute approximate surface area is 89.7 Å². The van der Waals surface area contributed by atoms with Gasteiger partial charge in [0.25, 0.3) is 11.9 Å². The van der Waals surface area contributed by atoms with Crippen LogP contribution in [0.15, 0.2) is 10.3 Å². The van der Waals surface area contributed by atoms with Crippen molar-refractivity contribution < 1.29 is 0 Å². The van der Waals surface area contributed by atoms with Gasteiger partial charge in [-0.3, -0.25) is 0 Å². The fourth-order valence-corrected chi connectivity index (χ4v) is 0.955. The van der Waals surface area contributed by atoms with Crippen LogP contribution in [0.1, 0.15) is 0 Å². The molecule has 0 unspecified atom stereocenters. The van der Waals surface area contributed by atoms with Crippen LogP contribution in [-0.2, 0) is 14.1 Å². The Morgan fingerprint density at radius 2 is 1.75 bits per heavy atom. The highest BCUT2D eigenvalue weighted by Gasteiger charge is 2.07. The van der Waals surface area contributed by atoms with Crippen LogP contribution in [-0.4, -0.2) is 47.5 Å². The first-order valence-electron chi connectivity index (χ1n) is 4.28. The smallest absolute Gasteiger partial charge is 0.215 e. The van der Waals surface area contributed by atoms with Gasteiger partial charge in [0.05, 0.1) is 0 Å². The summed E-state index contributed by atoms with van der Waals surface area (Å²) in [6.45, 7) is 0. The number of tetrazole rings is 2. The summed E-state index contributed by atoms with van der Waals surface area (Å²) in [5.74, 6) is 0.751. The normalized spacial score (nSPS) is 11.2. The lowest BCUT2D eigenvalue weighted by Gasteiger charge is -2.06. The second kappa shape index (κ2) is 3.96. The Balaban J connectivity index is 2.14. The molecule has 0 amide bonds. The van der Waals surface area contributed by atoms with Crippen LogP contribution < -0.4 is 5.01 Å². The van der Waals surface area contributed by atoms with Gasteiger partial charge in [-0.25, -0.2) is 14.4 Å². The fourth-order valence-electron chi connectivity index (χ4n) is 0.955. The molecule has 0 saturated heterocycles. The topological polar surface area (TPSA) is 115 Å². The summed E-state index contributed by atoms with van der Waals surface area (Å²) in [5, 5.41) is 30.7. The molecule has 0 bridgehead atoms. The first-order valence-corrected chi connectivity index (χ1v) is 4.28. The van der Waals surface area contributed by atoms with Gasteiger partial charge in [-0.2, -0.15) is 0 Å². The van der Waals surface area contributed by atoms with Crippen LogP contribution in [0, 0.1) is 0 Å². The highest BCUT2D eigenvalue weighted by Crippen LogP contribution is 2.08. The molecule has 0 aliphatic carbocycles. The third-order valence-corrected chi connectivity index (χ3v) is 1.75. The van der Waals surface area contributed by atoms with E-state index in [1.165, 1.54) is 14.4 Å². The van der Waals surface area contributed by atoms with Crippen LogP contribution in [0.3, 0.4) is 0 Å². The lowest BCUT2D eigenvalue weighted by molar-refractivity contribution is 0.690. The summed E-state index contributed by atoms with van der Waals surface area (Å²) in [6, 6.07) is 0.